The number of hydrogen-bond donors (Lipinski definition) is 1. The van der Waals surface area contributed by atoms with E-state index in [0.29, 0.717) is 11.6 Å². The summed E-state index contributed by atoms with van der Waals surface area (Å²) >= 11 is 0. The van der Waals surface area contributed by atoms with Crippen molar-refractivity contribution in [3.8, 4) is 0 Å². The van der Waals surface area contributed by atoms with Crippen molar-refractivity contribution in [1.29, 1.82) is 0 Å². The Labute approximate surface area is 99.6 Å². The van der Waals surface area contributed by atoms with Crippen LogP contribution in [0.3, 0.4) is 0 Å². The molecule has 1 atom stereocenters. The highest BCUT2D eigenvalue weighted by Crippen LogP contribution is 2.17. The second-order valence-electron chi connectivity index (χ2n) is 3.94. The van der Waals surface area contributed by atoms with E-state index in [9.17, 15) is 4.79 Å². The zero-order chi connectivity index (χ0) is 12.3. The summed E-state index contributed by atoms with van der Waals surface area (Å²) in [6.07, 6.45) is 0. The second-order valence-corrected chi connectivity index (χ2v) is 3.94. The summed E-state index contributed by atoms with van der Waals surface area (Å²) in [5.41, 5.74) is 0.977. The average Bonchev–Trinajstić information content (AvgIpc) is 2.75. The van der Waals surface area contributed by atoms with Gasteiger partial charge in [0.25, 0.3) is 0 Å². The van der Waals surface area contributed by atoms with Gasteiger partial charge in [0.2, 0.25) is 5.91 Å². The quantitative estimate of drug-likeness (QED) is 0.882. The van der Waals surface area contributed by atoms with Crippen molar-refractivity contribution in [2.45, 2.75) is 19.8 Å². The van der Waals surface area contributed by atoms with Gasteiger partial charge in [-0.2, -0.15) is 0 Å². The zero-order valence-corrected chi connectivity index (χ0v) is 9.81. The Morgan fingerprint density at radius 2 is 2.06 bits per heavy atom. The molecule has 0 saturated carbocycles. The van der Waals surface area contributed by atoms with Crippen molar-refractivity contribution in [2.75, 3.05) is 5.32 Å². The van der Waals surface area contributed by atoms with E-state index in [0.717, 1.165) is 5.56 Å². The first kappa shape index (κ1) is 11.4. The number of rotatable bonds is 3. The molecule has 0 aliphatic carbocycles. The van der Waals surface area contributed by atoms with Crippen LogP contribution in [0.15, 0.2) is 40.9 Å². The molecule has 0 spiro atoms. The predicted molar refractivity (Wildman–Crippen MR) is 64.7 cm³/mol. The van der Waals surface area contributed by atoms with E-state index in [2.05, 4.69) is 10.5 Å². The van der Waals surface area contributed by atoms with Crippen molar-refractivity contribution < 1.29 is 9.32 Å². The van der Waals surface area contributed by atoms with Crippen molar-refractivity contribution in [1.82, 2.24) is 5.16 Å². The minimum Gasteiger partial charge on any atom is -0.360 e. The molecule has 0 unspecified atom stereocenters. The second kappa shape index (κ2) is 4.82. The largest absolute Gasteiger partial charge is 0.360 e. The molecule has 1 heterocycles. The third-order valence-corrected chi connectivity index (χ3v) is 2.57. The molecule has 2 aromatic rings. The van der Waals surface area contributed by atoms with Crippen LogP contribution in [0.25, 0.3) is 0 Å². The van der Waals surface area contributed by atoms with Crippen molar-refractivity contribution in [3.05, 3.63) is 47.7 Å². The molecule has 2 rings (SSSR count). The topological polar surface area (TPSA) is 55.1 Å². The third-order valence-electron chi connectivity index (χ3n) is 2.57. The predicted octanol–water partition coefficient (Wildman–Crippen LogP) is 2.73. The number of aromatic nitrogens is 1. The molecular formula is C13H14N2O2. The molecule has 0 fully saturated rings. The Bertz CT molecular complexity index is 505. The fourth-order valence-electron chi connectivity index (χ4n) is 1.55. The van der Waals surface area contributed by atoms with Crippen molar-refractivity contribution in [2.24, 2.45) is 0 Å². The summed E-state index contributed by atoms with van der Waals surface area (Å²) in [7, 11) is 0. The first-order valence-corrected chi connectivity index (χ1v) is 5.46. The first-order chi connectivity index (χ1) is 8.16. The van der Waals surface area contributed by atoms with Crippen LogP contribution in [0.4, 0.5) is 5.82 Å². The van der Waals surface area contributed by atoms with E-state index in [-0.39, 0.29) is 11.8 Å². The monoisotopic (exact) mass is 230 g/mol. The van der Waals surface area contributed by atoms with E-state index >= 15 is 0 Å². The van der Waals surface area contributed by atoms with Crippen LogP contribution in [-0.4, -0.2) is 11.1 Å². The summed E-state index contributed by atoms with van der Waals surface area (Å²) in [5, 5.41) is 6.44. The maximum Gasteiger partial charge on any atom is 0.232 e. The summed E-state index contributed by atoms with van der Waals surface area (Å²) < 4.78 is 4.89. The fourth-order valence-corrected chi connectivity index (χ4v) is 1.55. The first-order valence-electron chi connectivity index (χ1n) is 5.46. The molecule has 0 radical (unpaired) electrons. The lowest BCUT2D eigenvalue weighted by Crippen LogP contribution is -2.18. The summed E-state index contributed by atoms with van der Waals surface area (Å²) in [5.74, 6) is 0.820. The lowest BCUT2D eigenvalue weighted by molar-refractivity contribution is -0.117. The number of aryl methyl sites for hydroxylation is 1. The number of amides is 1. The van der Waals surface area contributed by atoms with Gasteiger partial charge in [-0.3, -0.25) is 4.79 Å². The standard InChI is InChI=1S/C13H14N2O2/c1-9-8-12(15-17-9)14-13(16)10(2)11-6-4-3-5-7-11/h3-8,10H,1-2H3,(H,14,15,16)/t10-/m0/s1. The van der Waals surface area contributed by atoms with Crippen LogP contribution in [0.5, 0.6) is 0 Å². The molecule has 88 valence electrons. The molecular weight excluding hydrogens is 216 g/mol. The van der Waals surface area contributed by atoms with Gasteiger partial charge in [0.05, 0.1) is 5.92 Å². The van der Waals surface area contributed by atoms with Gasteiger partial charge in [-0.15, -0.1) is 0 Å². The molecule has 1 aromatic heterocycles. The Balaban J connectivity index is 2.06. The van der Waals surface area contributed by atoms with Gasteiger partial charge in [-0.05, 0) is 19.4 Å². The zero-order valence-electron chi connectivity index (χ0n) is 9.81. The van der Waals surface area contributed by atoms with Gasteiger partial charge >= 0.3 is 0 Å². The highest BCUT2D eigenvalue weighted by molar-refractivity contribution is 5.94. The SMILES string of the molecule is Cc1cc(NC(=O)[C@@H](C)c2ccccc2)no1. The minimum atomic E-state index is -0.215. The van der Waals surface area contributed by atoms with Crippen LogP contribution in [0.1, 0.15) is 24.2 Å². The smallest absolute Gasteiger partial charge is 0.232 e. The molecule has 0 aliphatic rings. The number of benzene rings is 1. The molecule has 4 nitrogen and oxygen atoms in total. The van der Waals surface area contributed by atoms with E-state index in [1.54, 1.807) is 13.0 Å². The Morgan fingerprint density at radius 3 is 2.65 bits per heavy atom. The molecule has 0 aliphatic heterocycles. The van der Waals surface area contributed by atoms with Gasteiger partial charge in [-0.25, -0.2) is 0 Å². The number of nitrogens with one attached hydrogen (secondary N) is 1. The molecule has 0 bridgehead atoms. The fraction of sp³-hybridized carbons (Fsp3) is 0.231. The summed E-state index contributed by atoms with van der Waals surface area (Å²) in [4.78, 5) is 11.9. The molecule has 0 saturated heterocycles. The lowest BCUT2D eigenvalue weighted by Gasteiger charge is -2.10. The Kier molecular flexibility index (Phi) is 3.23. The third kappa shape index (κ3) is 2.72. The summed E-state index contributed by atoms with van der Waals surface area (Å²) in [6, 6.07) is 11.3. The molecule has 1 N–H and O–H groups in total. The number of hydrogen-bond acceptors (Lipinski definition) is 3. The lowest BCUT2D eigenvalue weighted by atomic mass is 10.0. The van der Waals surface area contributed by atoms with Crippen molar-refractivity contribution in [3.63, 3.8) is 0 Å². The molecule has 1 amide bonds. The highest BCUT2D eigenvalue weighted by Gasteiger charge is 2.16. The van der Waals surface area contributed by atoms with E-state index in [4.69, 9.17) is 4.52 Å². The molecule has 17 heavy (non-hydrogen) atoms. The van der Waals surface area contributed by atoms with Crippen LogP contribution in [0, 0.1) is 6.92 Å². The van der Waals surface area contributed by atoms with Gasteiger partial charge in [0, 0.05) is 6.07 Å². The summed E-state index contributed by atoms with van der Waals surface area (Å²) in [6.45, 7) is 3.64. The normalized spacial score (nSPS) is 12.1. The van der Waals surface area contributed by atoms with Crippen LogP contribution in [-0.2, 0) is 4.79 Å². The number of anilines is 1. The molecule has 1 aromatic carbocycles. The van der Waals surface area contributed by atoms with Crippen LogP contribution >= 0.6 is 0 Å². The van der Waals surface area contributed by atoms with Gasteiger partial charge in [0.15, 0.2) is 5.82 Å². The van der Waals surface area contributed by atoms with E-state index in [1.807, 2.05) is 37.3 Å². The van der Waals surface area contributed by atoms with Gasteiger partial charge in [-0.1, -0.05) is 35.5 Å². The van der Waals surface area contributed by atoms with Crippen molar-refractivity contribution >= 4 is 11.7 Å². The number of carbonyl (C=O) groups is 1. The molecule has 4 heteroatoms. The van der Waals surface area contributed by atoms with Gasteiger partial charge < -0.3 is 9.84 Å². The van der Waals surface area contributed by atoms with Crippen LogP contribution < -0.4 is 5.32 Å². The number of carbonyl (C=O) groups excluding carboxylic acids is 1. The Hall–Kier alpha value is -2.10. The Morgan fingerprint density at radius 1 is 1.35 bits per heavy atom. The average molecular weight is 230 g/mol. The highest BCUT2D eigenvalue weighted by atomic mass is 16.5. The van der Waals surface area contributed by atoms with Gasteiger partial charge in [0.1, 0.15) is 5.76 Å². The van der Waals surface area contributed by atoms with Crippen LogP contribution in [0.2, 0.25) is 0 Å². The minimum absolute atomic E-state index is 0.0931. The number of nitrogens with zero attached hydrogens (tertiary/aromatic N) is 1. The maximum absolute atomic E-state index is 11.9. The van der Waals surface area contributed by atoms with E-state index < -0.39 is 0 Å². The maximum atomic E-state index is 11.9. The van der Waals surface area contributed by atoms with E-state index in [1.165, 1.54) is 0 Å².